The highest BCUT2D eigenvalue weighted by atomic mass is 32.2. The van der Waals surface area contributed by atoms with Crippen LogP contribution in [0.25, 0.3) is 0 Å². The van der Waals surface area contributed by atoms with Gasteiger partial charge in [0, 0.05) is 12.5 Å². The van der Waals surface area contributed by atoms with Crippen molar-refractivity contribution in [3.63, 3.8) is 0 Å². The topological polar surface area (TPSA) is 141 Å². The van der Waals surface area contributed by atoms with Crippen molar-refractivity contribution in [1.29, 1.82) is 0 Å². The zero-order chi connectivity index (χ0) is 32.7. The third kappa shape index (κ3) is 9.43. The number of ether oxygens (including phenoxy) is 2. The number of aryl methyl sites for hydroxylation is 1. The highest BCUT2D eigenvalue weighted by molar-refractivity contribution is 7.99. The Morgan fingerprint density at radius 1 is 1.04 bits per heavy atom. The average Bonchev–Trinajstić information content (AvgIpc) is 3.01. The summed E-state index contributed by atoms with van der Waals surface area (Å²) >= 11 is 1.30. The van der Waals surface area contributed by atoms with E-state index >= 15 is 0 Å². The standard InChI is InChI=1S/C34H49N3O7S/c1-21-8-11-23(31-29(40)28(39)30(41)32(44-31)45-5)20-24(21)19-22-9-12-26(13-10-22)43-18-6-7-27(38)36-34(2,3)33(42)35-25-14-16-37(4)17-15-25/h8-13,20,25,28-32,39-41H,6-7,14-19H2,1-5H3,(H,35,42)(H,36,38)/t28-,29-,30+,31+,32-/m1/s1. The highest BCUT2D eigenvalue weighted by Gasteiger charge is 2.44. The van der Waals surface area contributed by atoms with E-state index in [1.165, 1.54) is 11.8 Å². The molecule has 2 aromatic carbocycles. The molecule has 2 amide bonds. The van der Waals surface area contributed by atoms with E-state index in [-0.39, 0.29) is 24.3 Å². The van der Waals surface area contributed by atoms with Crippen molar-refractivity contribution in [2.24, 2.45) is 0 Å². The number of nitrogens with zero attached hydrogens (tertiary/aromatic N) is 1. The molecule has 0 spiro atoms. The summed E-state index contributed by atoms with van der Waals surface area (Å²) < 4.78 is 11.8. The van der Waals surface area contributed by atoms with E-state index in [2.05, 4.69) is 22.6 Å². The maximum Gasteiger partial charge on any atom is 0.245 e. The highest BCUT2D eigenvalue weighted by Crippen LogP contribution is 2.36. The molecule has 248 valence electrons. The van der Waals surface area contributed by atoms with Crippen LogP contribution in [0.2, 0.25) is 0 Å². The number of carbonyl (C=O) groups excluding carboxylic acids is 2. The van der Waals surface area contributed by atoms with E-state index < -0.39 is 35.4 Å². The third-order valence-electron chi connectivity index (χ3n) is 8.71. The summed E-state index contributed by atoms with van der Waals surface area (Å²) in [5.41, 5.74) is 2.36. The molecule has 11 heteroatoms. The summed E-state index contributed by atoms with van der Waals surface area (Å²) in [6, 6.07) is 13.8. The minimum Gasteiger partial charge on any atom is -0.494 e. The van der Waals surface area contributed by atoms with Gasteiger partial charge in [0.25, 0.3) is 0 Å². The number of carbonyl (C=O) groups is 2. The van der Waals surface area contributed by atoms with Gasteiger partial charge in [0.15, 0.2) is 0 Å². The molecule has 0 unspecified atom stereocenters. The van der Waals surface area contributed by atoms with Crippen molar-refractivity contribution in [2.45, 2.75) is 94.3 Å². The van der Waals surface area contributed by atoms with Crippen LogP contribution in [-0.2, 0) is 20.7 Å². The first kappa shape index (κ1) is 35.2. The summed E-state index contributed by atoms with van der Waals surface area (Å²) in [5, 5.41) is 37.1. The number of hydrogen-bond acceptors (Lipinski definition) is 9. The van der Waals surface area contributed by atoms with Gasteiger partial charge in [-0.05, 0) is 107 Å². The fourth-order valence-electron chi connectivity index (χ4n) is 5.71. The van der Waals surface area contributed by atoms with Gasteiger partial charge in [-0.3, -0.25) is 9.59 Å². The van der Waals surface area contributed by atoms with E-state index in [1.807, 2.05) is 49.4 Å². The Balaban J connectivity index is 1.23. The number of aliphatic hydroxyl groups excluding tert-OH is 3. The van der Waals surface area contributed by atoms with Gasteiger partial charge in [0.05, 0.1) is 6.61 Å². The molecule has 0 bridgehead atoms. The van der Waals surface area contributed by atoms with Crippen LogP contribution in [0, 0.1) is 6.92 Å². The summed E-state index contributed by atoms with van der Waals surface area (Å²) in [6.45, 7) is 7.76. The van der Waals surface area contributed by atoms with Crippen molar-refractivity contribution < 1.29 is 34.4 Å². The molecular formula is C34H49N3O7S. The van der Waals surface area contributed by atoms with Crippen LogP contribution in [0.5, 0.6) is 5.75 Å². The Hall–Kier alpha value is -2.67. The fraction of sp³-hybridized carbons (Fsp3) is 0.588. The Kier molecular flexibility index (Phi) is 12.3. The molecule has 45 heavy (non-hydrogen) atoms. The molecule has 0 aliphatic carbocycles. The minimum atomic E-state index is -1.29. The van der Waals surface area contributed by atoms with E-state index in [0.29, 0.717) is 25.2 Å². The number of benzene rings is 2. The average molecular weight is 644 g/mol. The minimum absolute atomic E-state index is 0.141. The lowest BCUT2D eigenvalue weighted by Gasteiger charge is -2.40. The number of piperidine rings is 1. The summed E-state index contributed by atoms with van der Waals surface area (Å²) in [7, 11) is 2.08. The largest absolute Gasteiger partial charge is 0.494 e. The molecule has 2 saturated heterocycles. The Labute approximate surface area is 270 Å². The molecule has 5 N–H and O–H groups in total. The molecule has 2 fully saturated rings. The predicted molar refractivity (Wildman–Crippen MR) is 175 cm³/mol. The van der Waals surface area contributed by atoms with Crippen molar-refractivity contribution in [2.75, 3.05) is 33.0 Å². The zero-order valence-electron chi connectivity index (χ0n) is 27.0. The summed E-state index contributed by atoms with van der Waals surface area (Å²) in [6.07, 6.45) is 0.614. The molecule has 0 aromatic heterocycles. The van der Waals surface area contributed by atoms with Crippen LogP contribution >= 0.6 is 11.8 Å². The number of thioether (sulfide) groups is 1. The third-order valence-corrected chi connectivity index (χ3v) is 9.57. The van der Waals surface area contributed by atoms with Gasteiger partial charge >= 0.3 is 0 Å². The molecule has 0 saturated carbocycles. The monoisotopic (exact) mass is 643 g/mol. The predicted octanol–water partition coefficient (Wildman–Crippen LogP) is 2.69. The Morgan fingerprint density at radius 3 is 2.40 bits per heavy atom. The van der Waals surface area contributed by atoms with Crippen LogP contribution in [-0.4, -0.2) is 100 Å². The molecule has 2 aromatic rings. The number of rotatable bonds is 12. The van der Waals surface area contributed by atoms with Crippen LogP contribution in [0.1, 0.15) is 67.9 Å². The van der Waals surface area contributed by atoms with Crippen LogP contribution in [0.15, 0.2) is 42.5 Å². The van der Waals surface area contributed by atoms with Crippen molar-refractivity contribution in [3.05, 3.63) is 64.7 Å². The van der Waals surface area contributed by atoms with Gasteiger partial charge in [-0.1, -0.05) is 30.3 Å². The first-order valence-electron chi connectivity index (χ1n) is 15.7. The number of hydrogen-bond donors (Lipinski definition) is 5. The van der Waals surface area contributed by atoms with Crippen molar-refractivity contribution in [3.8, 4) is 5.75 Å². The van der Waals surface area contributed by atoms with Gasteiger partial charge in [-0.2, -0.15) is 0 Å². The zero-order valence-corrected chi connectivity index (χ0v) is 27.8. The van der Waals surface area contributed by atoms with E-state index in [0.717, 1.165) is 48.2 Å². The second-order valence-corrected chi connectivity index (χ2v) is 13.8. The summed E-state index contributed by atoms with van der Waals surface area (Å²) in [4.78, 5) is 27.6. The van der Waals surface area contributed by atoms with E-state index in [9.17, 15) is 24.9 Å². The second-order valence-electron chi connectivity index (χ2n) is 12.8. The van der Waals surface area contributed by atoms with Crippen LogP contribution in [0.4, 0.5) is 0 Å². The van der Waals surface area contributed by atoms with Gasteiger partial charge in [0.1, 0.15) is 41.1 Å². The van der Waals surface area contributed by atoms with Crippen LogP contribution in [0.3, 0.4) is 0 Å². The molecule has 4 rings (SSSR count). The number of nitrogens with one attached hydrogen (secondary N) is 2. The maximum absolute atomic E-state index is 12.8. The Bertz CT molecular complexity index is 1280. The van der Waals surface area contributed by atoms with Crippen LogP contribution < -0.4 is 15.4 Å². The van der Waals surface area contributed by atoms with E-state index in [1.54, 1.807) is 20.1 Å². The first-order chi connectivity index (χ1) is 21.4. The smallest absolute Gasteiger partial charge is 0.245 e. The molecular weight excluding hydrogens is 594 g/mol. The SMILES string of the molecule is CS[C@H]1O[C@@H](c2ccc(C)c(Cc3ccc(OCCCC(=O)NC(C)(C)C(=O)NC4CCN(C)CC4)cc3)c2)[C@H](O)[C@@H](O)[C@@H]1O. The molecule has 5 atom stereocenters. The van der Waals surface area contributed by atoms with Crippen molar-refractivity contribution in [1.82, 2.24) is 15.5 Å². The number of amides is 2. The summed E-state index contributed by atoms with van der Waals surface area (Å²) in [5.74, 6) is 0.360. The number of aliphatic hydroxyl groups is 3. The van der Waals surface area contributed by atoms with Gasteiger partial charge in [-0.25, -0.2) is 0 Å². The normalized spacial score (nSPS) is 24.7. The molecule has 2 aliphatic heterocycles. The molecule has 2 aliphatic rings. The fourth-order valence-corrected chi connectivity index (χ4v) is 6.38. The Morgan fingerprint density at radius 2 is 1.73 bits per heavy atom. The van der Waals surface area contributed by atoms with Gasteiger partial charge in [-0.15, -0.1) is 11.8 Å². The lowest BCUT2D eigenvalue weighted by molar-refractivity contribution is -0.200. The van der Waals surface area contributed by atoms with Gasteiger partial charge < -0.3 is 40.3 Å². The van der Waals surface area contributed by atoms with Crippen molar-refractivity contribution >= 4 is 23.6 Å². The molecule has 0 radical (unpaired) electrons. The lowest BCUT2D eigenvalue weighted by atomic mass is 9.91. The molecule has 2 heterocycles. The second kappa shape index (κ2) is 15.8. The maximum atomic E-state index is 12.8. The lowest BCUT2D eigenvalue weighted by Crippen LogP contribution is -2.57. The van der Waals surface area contributed by atoms with Gasteiger partial charge in [0.2, 0.25) is 11.8 Å². The number of likely N-dealkylation sites (tertiary alicyclic amines) is 1. The quantitative estimate of drug-likeness (QED) is 0.221. The molecule has 10 nitrogen and oxygen atoms in total. The first-order valence-corrected chi connectivity index (χ1v) is 17.0. The van der Waals surface area contributed by atoms with E-state index in [4.69, 9.17) is 9.47 Å².